The van der Waals surface area contributed by atoms with Gasteiger partial charge in [-0.1, -0.05) is 53.6 Å². The highest BCUT2D eigenvalue weighted by atomic mass is 16.4. The number of carboxylic acid groups (broad SMARTS) is 1. The van der Waals surface area contributed by atoms with Gasteiger partial charge in [0.15, 0.2) is 6.04 Å². The fraction of sp³-hybridized carbons (Fsp3) is 0.263. The Morgan fingerprint density at radius 2 is 1.65 bits per heavy atom. The Labute approximate surface area is 136 Å². The molecule has 0 bridgehead atoms. The molecule has 0 saturated carbocycles. The maximum atomic E-state index is 12.2. The topological polar surface area (TPSA) is 66.4 Å². The highest BCUT2D eigenvalue weighted by Crippen LogP contribution is 2.18. The zero-order valence-corrected chi connectivity index (χ0v) is 13.6. The molecule has 1 amide bonds. The first-order chi connectivity index (χ1) is 10.9. The van der Waals surface area contributed by atoms with Gasteiger partial charge in [0.25, 0.3) is 0 Å². The quantitative estimate of drug-likeness (QED) is 0.891. The van der Waals surface area contributed by atoms with Crippen molar-refractivity contribution in [1.29, 1.82) is 0 Å². The van der Waals surface area contributed by atoms with Crippen LogP contribution in [0.15, 0.2) is 42.5 Å². The largest absolute Gasteiger partial charge is 0.479 e. The predicted molar refractivity (Wildman–Crippen MR) is 89.3 cm³/mol. The maximum absolute atomic E-state index is 12.2. The van der Waals surface area contributed by atoms with Gasteiger partial charge in [0.2, 0.25) is 5.91 Å². The summed E-state index contributed by atoms with van der Waals surface area (Å²) in [7, 11) is 0. The molecule has 4 heteroatoms. The van der Waals surface area contributed by atoms with E-state index in [9.17, 15) is 14.7 Å². The van der Waals surface area contributed by atoms with E-state index in [1.54, 1.807) is 12.1 Å². The maximum Gasteiger partial charge on any atom is 0.330 e. The molecule has 0 spiro atoms. The highest BCUT2D eigenvalue weighted by molar-refractivity contribution is 5.86. The third-order valence-corrected chi connectivity index (χ3v) is 3.74. The minimum Gasteiger partial charge on any atom is -0.479 e. The van der Waals surface area contributed by atoms with Gasteiger partial charge >= 0.3 is 5.97 Å². The molecule has 0 radical (unpaired) electrons. The monoisotopic (exact) mass is 311 g/mol. The van der Waals surface area contributed by atoms with Crippen molar-refractivity contribution >= 4 is 11.9 Å². The Kier molecular flexibility index (Phi) is 5.16. The van der Waals surface area contributed by atoms with Gasteiger partial charge in [-0.3, -0.25) is 4.79 Å². The number of benzene rings is 2. The lowest BCUT2D eigenvalue weighted by Gasteiger charge is -2.16. The van der Waals surface area contributed by atoms with Gasteiger partial charge in [-0.15, -0.1) is 0 Å². The highest BCUT2D eigenvalue weighted by Gasteiger charge is 2.22. The molecule has 0 aromatic heterocycles. The zero-order valence-electron chi connectivity index (χ0n) is 13.6. The molecule has 0 saturated heterocycles. The summed E-state index contributed by atoms with van der Waals surface area (Å²) < 4.78 is 0. The van der Waals surface area contributed by atoms with Crippen molar-refractivity contribution in [2.24, 2.45) is 0 Å². The lowest BCUT2D eigenvalue weighted by Crippen LogP contribution is -2.35. The van der Waals surface area contributed by atoms with Crippen LogP contribution in [0.2, 0.25) is 0 Å². The molecule has 4 nitrogen and oxygen atoms in total. The van der Waals surface area contributed by atoms with Crippen LogP contribution in [-0.2, 0) is 16.0 Å². The van der Waals surface area contributed by atoms with Crippen LogP contribution in [0.3, 0.4) is 0 Å². The van der Waals surface area contributed by atoms with Gasteiger partial charge in [0, 0.05) is 0 Å². The van der Waals surface area contributed by atoms with Crippen molar-refractivity contribution in [1.82, 2.24) is 5.32 Å². The van der Waals surface area contributed by atoms with Crippen LogP contribution in [0.1, 0.15) is 33.9 Å². The van der Waals surface area contributed by atoms with Crippen LogP contribution in [0.5, 0.6) is 0 Å². The van der Waals surface area contributed by atoms with Crippen molar-refractivity contribution in [2.75, 3.05) is 0 Å². The lowest BCUT2D eigenvalue weighted by molar-refractivity contribution is -0.141. The molecule has 2 rings (SSSR count). The Morgan fingerprint density at radius 1 is 1.04 bits per heavy atom. The van der Waals surface area contributed by atoms with E-state index in [2.05, 4.69) is 5.32 Å². The predicted octanol–water partition coefficient (Wildman–Crippen LogP) is 3.10. The number of hydrogen-bond donors (Lipinski definition) is 2. The Morgan fingerprint density at radius 3 is 2.22 bits per heavy atom. The van der Waals surface area contributed by atoms with Crippen LogP contribution in [0.25, 0.3) is 0 Å². The average Bonchev–Trinajstić information content (AvgIpc) is 2.46. The number of carbonyl (C=O) groups is 2. The average molecular weight is 311 g/mol. The van der Waals surface area contributed by atoms with Crippen LogP contribution in [0.4, 0.5) is 0 Å². The summed E-state index contributed by atoms with van der Waals surface area (Å²) >= 11 is 0. The molecule has 0 heterocycles. The van der Waals surface area contributed by atoms with E-state index >= 15 is 0 Å². The van der Waals surface area contributed by atoms with E-state index in [4.69, 9.17) is 0 Å². The minimum atomic E-state index is -1.06. The second-order valence-corrected chi connectivity index (χ2v) is 5.86. The summed E-state index contributed by atoms with van der Waals surface area (Å²) in [6.07, 6.45) is 0.168. The molecule has 1 unspecified atom stereocenters. The van der Waals surface area contributed by atoms with E-state index in [1.807, 2.05) is 51.1 Å². The third-order valence-electron chi connectivity index (χ3n) is 3.74. The molecule has 23 heavy (non-hydrogen) atoms. The second-order valence-electron chi connectivity index (χ2n) is 5.86. The molecule has 120 valence electrons. The lowest BCUT2D eigenvalue weighted by atomic mass is 10.0. The number of amides is 1. The second kappa shape index (κ2) is 7.09. The number of carboxylic acids is 1. The molecule has 0 fully saturated rings. The zero-order chi connectivity index (χ0) is 17.0. The number of hydrogen-bond acceptors (Lipinski definition) is 2. The molecular formula is C19H21NO3. The standard InChI is InChI=1S/C19H21NO3/c1-12-8-13(2)10-16(9-12)18(19(22)23)20-17(21)11-15-7-5-4-6-14(15)3/h4-10,18H,11H2,1-3H3,(H,20,21)(H,22,23). The van der Waals surface area contributed by atoms with E-state index in [0.717, 1.165) is 22.3 Å². The van der Waals surface area contributed by atoms with Crippen LogP contribution >= 0.6 is 0 Å². The molecule has 0 aliphatic rings. The molecular weight excluding hydrogens is 290 g/mol. The molecule has 2 N–H and O–H groups in total. The number of carbonyl (C=O) groups excluding carboxylic acids is 1. The number of nitrogens with one attached hydrogen (secondary N) is 1. The molecule has 1 atom stereocenters. The van der Waals surface area contributed by atoms with Crippen molar-refractivity contribution in [3.63, 3.8) is 0 Å². The molecule has 2 aromatic carbocycles. The minimum absolute atomic E-state index is 0.168. The first kappa shape index (κ1) is 16.7. The first-order valence-corrected chi connectivity index (χ1v) is 7.51. The van der Waals surface area contributed by atoms with Crippen LogP contribution < -0.4 is 5.32 Å². The van der Waals surface area contributed by atoms with Gasteiger partial charge in [0.05, 0.1) is 6.42 Å². The van der Waals surface area contributed by atoms with E-state index < -0.39 is 12.0 Å². The van der Waals surface area contributed by atoms with Gasteiger partial charge in [-0.2, -0.15) is 0 Å². The van der Waals surface area contributed by atoms with Gasteiger partial charge < -0.3 is 10.4 Å². The number of aliphatic carboxylic acids is 1. The van der Waals surface area contributed by atoms with Crippen LogP contribution in [-0.4, -0.2) is 17.0 Å². The van der Waals surface area contributed by atoms with Crippen molar-refractivity contribution in [2.45, 2.75) is 33.2 Å². The third kappa shape index (κ3) is 4.42. The fourth-order valence-corrected chi connectivity index (χ4v) is 2.66. The number of aryl methyl sites for hydroxylation is 3. The van der Waals surface area contributed by atoms with Crippen molar-refractivity contribution < 1.29 is 14.7 Å². The summed E-state index contributed by atoms with van der Waals surface area (Å²) in [6.45, 7) is 5.75. The summed E-state index contributed by atoms with van der Waals surface area (Å²) in [4.78, 5) is 23.8. The number of rotatable bonds is 5. The first-order valence-electron chi connectivity index (χ1n) is 7.51. The molecule has 0 aliphatic carbocycles. The molecule has 2 aromatic rings. The van der Waals surface area contributed by atoms with E-state index in [1.165, 1.54) is 0 Å². The molecule has 0 aliphatic heterocycles. The Hall–Kier alpha value is -2.62. The van der Waals surface area contributed by atoms with Crippen LogP contribution in [0, 0.1) is 20.8 Å². The van der Waals surface area contributed by atoms with Gasteiger partial charge in [-0.25, -0.2) is 4.79 Å². The van der Waals surface area contributed by atoms with Gasteiger partial charge in [0.1, 0.15) is 0 Å². The Balaban J connectivity index is 2.18. The summed E-state index contributed by atoms with van der Waals surface area (Å²) in [5.74, 6) is -1.36. The van der Waals surface area contributed by atoms with Gasteiger partial charge in [-0.05, 0) is 37.5 Å². The van der Waals surface area contributed by atoms with Crippen molar-refractivity contribution in [3.8, 4) is 0 Å². The summed E-state index contributed by atoms with van der Waals surface area (Å²) in [5.41, 5.74) is 4.45. The smallest absolute Gasteiger partial charge is 0.330 e. The Bertz CT molecular complexity index is 717. The van der Waals surface area contributed by atoms with E-state index in [-0.39, 0.29) is 12.3 Å². The summed E-state index contributed by atoms with van der Waals surface area (Å²) in [5, 5.41) is 12.1. The van der Waals surface area contributed by atoms with E-state index in [0.29, 0.717) is 5.56 Å². The SMILES string of the molecule is Cc1cc(C)cc(C(NC(=O)Cc2ccccc2C)C(=O)O)c1. The normalized spacial score (nSPS) is 11.8. The summed E-state index contributed by atoms with van der Waals surface area (Å²) in [6, 6.07) is 12.1. The fourth-order valence-electron chi connectivity index (χ4n) is 2.66. The van der Waals surface area contributed by atoms with Crippen molar-refractivity contribution in [3.05, 3.63) is 70.3 Å².